The minimum atomic E-state index is -0.426. The Morgan fingerprint density at radius 2 is 2.05 bits per heavy atom. The molecule has 21 heavy (non-hydrogen) atoms. The summed E-state index contributed by atoms with van der Waals surface area (Å²) in [4.78, 5) is 14.0. The highest BCUT2D eigenvalue weighted by molar-refractivity contribution is 5.68. The van der Waals surface area contributed by atoms with Gasteiger partial charge in [0.25, 0.3) is 0 Å². The normalized spacial score (nSPS) is 22.8. The molecular formula is C16H32N2O3. The molecule has 1 amide bonds. The summed E-state index contributed by atoms with van der Waals surface area (Å²) in [5.41, 5.74) is -0.426. The van der Waals surface area contributed by atoms with Crippen LogP contribution >= 0.6 is 0 Å². The highest BCUT2D eigenvalue weighted by Gasteiger charge is 2.27. The van der Waals surface area contributed by atoms with Crippen LogP contribution in [0.5, 0.6) is 0 Å². The molecule has 0 saturated carbocycles. The van der Waals surface area contributed by atoms with Gasteiger partial charge in [-0.05, 0) is 59.9 Å². The Labute approximate surface area is 129 Å². The maximum atomic E-state index is 12.1. The smallest absolute Gasteiger partial charge is 0.410 e. The lowest BCUT2D eigenvalue weighted by Gasteiger charge is -2.35. The Bertz CT molecular complexity index is 328. The number of piperidine rings is 1. The van der Waals surface area contributed by atoms with E-state index in [1.54, 1.807) is 7.11 Å². The molecular weight excluding hydrogens is 268 g/mol. The van der Waals surface area contributed by atoms with Crippen molar-refractivity contribution in [1.29, 1.82) is 0 Å². The zero-order valence-corrected chi connectivity index (χ0v) is 14.4. The first-order valence-corrected chi connectivity index (χ1v) is 7.97. The van der Waals surface area contributed by atoms with Gasteiger partial charge in [0.1, 0.15) is 5.60 Å². The molecule has 1 fully saturated rings. The van der Waals surface area contributed by atoms with Crippen molar-refractivity contribution in [2.75, 3.05) is 26.7 Å². The van der Waals surface area contributed by atoms with Crippen LogP contribution in [0.4, 0.5) is 4.79 Å². The van der Waals surface area contributed by atoms with Gasteiger partial charge in [-0.3, -0.25) is 0 Å². The molecule has 0 spiro atoms. The third-order valence-corrected chi connectivity index (χ3v) is 3.98. The molecule has 5 heteroatoms. The Morgan fingerprint density at radius 3 is 2.62 bits per heavy atom. The highest BCUT2D eigenvalue weighted by Crippen LogP contribution is 2.19. The van der Waals surface area contributed by atoms with Crippen LogP contribution in [0.15, 0.2) is 0 Å². The number of nitrogens with one attached hydrogen (secondary N) is 1. The summed E-state index contributed by atoms with van der Waals surface area (Å²) in [6.07, 6.45) is 2.20. The molecule has 0 bridgehead atoms. The number of hydrogen-bond donors (Lipinski definition) is 1. The van der Waals surface area contributed by atoms with Crippen LogP contribution in [0, 0.1) is 5.92 Å². The summed E-state index contributed by atoms with van der Waals surface area (Å²) in [6.45, 7) is 12.4. The Balaban J connectivity index is 2.40. The van der Waals surface area contributed by atoms with Crippen molar-refractivity contribution in [2.24, 2.45) is 5.92 Å². The average molecular weight is 300 g/mol. The first-order valence-electron chi connectivity index (χ1n) is 7.97. The lowest BCUT2D eigenvalue weighted by molar-refractivity contribution is 0.0160. The molecule has 0 aromatic carbocycles. The van der Waals surface area contributed by atoms with Gasteiger partial charge < -0.3 is 19.7 Å². The number of amides is 1. The summed E-state index contributed by atoms with van der Waals surface area (Å²) in [5.74, 6) is 0.484. The van der Waals surface area contributed by atoms with Crippen LogP contribution in [-0.4, -0.2) is 55.5 Å². The lowest BCUT2D eigenvalue weighted by atomic mass is 9.98. The van der Waals surface area contributed by atoms with Crippen molar-refractivity contribution in [2.45, 2.75) is 65.2 Å². The van der Waals surface area contributed by atoms with Crippen molar-refractivity contribution in [3.05, 3.63) is 0 Å². The van der Waals surface area contributed by atoms with E-state index >= 15 is 0 Å². The van der Waals surface area contributed by atoms with Gasteiger partial charge in [0, 0.05) is 26.2 Å². The van der Waals surface area contributed by atoms with E-state index in [2.05, 4.69) is 19.2 Å². The van der Waals surface area contributed by atoms with Gasteiger partial charge in [-0.25, -0.2) is 4.79 Å². The second-order valence-electron chi connectivity index (χ2n) is 7.07. The van der Waals surface area contributed by atoms with Crippen molar-refractivity contribution < 1.29 is 14.3 Å². The zero-order chi connectivity index (χ0) is 16.0. The number of carbonyl (C=O) groups is 1. The molecule has 0 aliphatic carbocycles. The van der Waals surface area contributed by atoms with E-state index in [1.807, 2.05) is 25.7 Å². The highest BCUT2D eigenvalue weighted by atomic mass is 16.6. The van der Waals surface area contributed by atoms with E-state index < -0.39 is 5.60 Å². The topological polar surface area (TPSA) is 50.8 Å². The average Bonchev–Trinajstić information content (AvgIpc) is 2.42. The van der Waals surface area contributed by atoms with Crippen LogP contribution in [0.3, 0.4) is 0 Å². The number of likely N-dealkylation sites (tertiary alicyclic amines) is 1. The van der Waals surface area contributed by atoms with E-state index in [0.717, 1.165) is 32.5 Å². The summed E-state index contributed by atoms with van der Waals surface area (Å²) in [6, 6.07) is 0.312. The molecule has 5 nitrogen and oxygen atoms in total. The molecule has 124 valence electrons. The Kier molecular flexibility index (Phi) is 6.94. The number of ether oxygens (including phenoxy) is 2. The summed E-state index contributed by atoms with van der Waals surface area (Å²) in [5, 5.41) is 3.51. The van der Waals surface area contributed by atoms with Crippen LogP contribution in [0.25, 0.3) is 0 Å². The van der Waals surface area contributed by atoms with Crippen molar-refractivity contribution in [1.82, 2.24) is 10.2 Å². The fourth-order valence-corrected chi connectivity index (χ4v) is 2.45. The van der Waals surface area contributed by atoms with E-state index in [0.29, 0.717) is 12.0 Å². The first-order chi connectivity index (χ1) is 9.73. The maximum absolute atomic E-state index is 12.1. The SMILES string of the molecule is COC(C)C(C)NCC1CCCN(C(=O)OC(C)(C)C)C1. The number of rotatable bonds is 5. The molecule has 1 aliphatic rings. The maximum Gasteiger partial charge on any atom is 0.410 e. The number of carbonyl (C=O) groups excluding carboxylic acids is 1. The van der Waals surface area contributed by atoms with E-state index in [1.165, 1.54) is 0 Å². The molecule has 0 aromatic heterocycles. The third kappa shape index (κ3) is 6.66. The van der Waals surface area contributed by atoms with Gasteiger partial charge in [-0.2, -0.15) is 0 Å². The molecule has 1 heterocycles. The van der Waals surface area contributed by atoms with Gasteiger partial charge in [0.2, 0.25) is 0 Å². The summed E-state index contributed by atoms with van der Waals surface area (Å²) < 4.78 is 10.8. The minimum absolute atomic E-state index is 0.189. The van der Waals surface area contributed by atoms with Crippen molar-refractivity contribution >= 4 is 6.09 Å². The van der Waals surface area contributed by atoms with E-state index in [9.17, 15) is 4.79 Å². The fraction of sp³-hybridized carbons (Fsp3) is 0.938. The molecule has 1 saturated heterocycles. The predicted octanol–water partition coefficient (Wildman–Crippen LogP) is 2.65. The summed E-state index contributed by atoms with van der Waals surface area (Å²) >= 11 is 0. The minimum Gasteiger partial charge on any atom is -0.444 e. The Morgan fingerprint density at radius 1 is 1.38 bits per heavy atom. The van der Waals surface area contributed by atoms with Crippen LogP contribution in [0.2, 0.25) is 0 Å². The number of nitrogens with zero attached hydrogens (tertiary/aromatic N) is 1. The van der Waals surface area contributed by atoms with E-state index in [4.69, 9.17) is 9.47 Å². The quantitative estimate of drug-likeness (QED) is 0.848. The standard InChI is InChI=1S/C16H32N2O3/c1-12(13(2)20-6)17-10-14-8-7-9-18(11-14)15(19)21-16(3,4)5/h12-14,17H,7-11H2,1-6H3. The molecule has 3 atom stereocenters. The van der Waals surface area contributed by atoms with Crippen LogP contribution in [-0.2, 0) is 9.47 Å². The van der Waals surface area contributed by atoms with E-state index in [-0.39, 0.29) is 12.2 Å². The third-order valence-electron chi connectivity index (χ3n) is 3.98. The lowest BCUT2D eigenvalue weighted by Crippen LogP contribution is -2.47. The molecule has 1 aliphatic heterocycles. The van der Waals surface area contributed by atoms with Gasteiger partial charge in [-0.15, -0.1) is 0 Å². The number of hydrogen-bond acceptors (Lipinski definition) is 4. The van der Waals surface area contributed by atoms with Gasteiger partial charge in [0.05, 0.1) is 6.10 Å². The molecule has 0 radical (unpaired) electrons. The molecule has 0 aromatic rings. The van der Waals surface area contributed by atoms with Crippen LogP contribution < -0.4 is 5.32 Å². The molecule has 1 rings (SSSR count). The largest absolute Gasteiger partial charge is 0.444 e. The van der Waals surface area contributed by atoms with Crippen LogP contribution in [0.1, 0.15) is 47.5 Å². The van der Waals surface area contributed by atoms with Crippen molar-refractivity contribution in [3.8, 4) is 0 Å². The Hall–Kier alpha value is -0.810. The zero-order valence-electron chi connectivity index (χ0n) is 14.4. The molecule has 3 unspecified atom stereocenters. The first kappa shape index (κ1) is 18.2. The van der Waals surface area contributed by atoms with Gasteiger partial charge in [-0.1, -0.05) is 0 Å². The predicted molar refractivity (Wildman–Crippen MR) is 84.5 cm³/mol. The summed E-state index contributed by atoms with van der Waals surface area (Å²) in [7, 11) is 1.73. The monoisotopic (exact) mass is 300 g/mol. The number of methoxy groups -OCH3 is 1. The van der Waals surface area contributed by atoms with Crippen molar-refractivity contribution in [3.63, 3.8) is 0 Å². The van der Waals surface area contributed by atoms with Gasteiger partial charge in [0.15, 0.2) is 0 Å². The second kappa shape index (κ2) is 7.99. The second-order valence-corrected chi connectivity index (χ2v) is 7.07. The fourth-order valence-electron chi connectivity index (χ4n) is 2.45. The van der Waals surface area contributed by atoms with Gasteiger partial charge >= 0.3 is 6.09 Å². The molecule has 1 N–H and O–H groups in total.